The van der Waals surface area contributed by atoms with Gasteiger partial charge in [0, 0.05) is 18.7 Å². The molecule has 1 fully saturated rings. The molecule has 0 saturated heterocycles. The number of rotatable bonds is 5. The Kier molecular flexibility index (Phi) is 4.95. The molecule has 0 aliphatic heterocycles. The Morgan fingerprint density at radius 1 is 1.33 bits per heavy atom. The van der Waals surface area contributed by atoms with Gasteiger partial charge < -0.3 is 5.73 Å². The van der Waals surface area contributed by atoms with E-state index < -0.39 is 32.1 Å². The molecule has 0 heterocycles. The van der Waals surface area contributed by atoms with E-state index in [0.29, 0.717) is 5.92 Å². The molecule has 0 bridgehead atoms. The fraction of sp³-hybridized carbons (Fsp3) is 0.571. The zero-order valence-electron chi connectivity index (χ0n) is 11.9. The van der Waals surface area contributed by atoms with Gasteiger partial charge in [-0.2, -0.15) is 0 Å². The van der Waals surface area contributed by atoms with Crippen molar-refractivity contribution >= 4 is 10.0 Å². The number of nitrogens with one attached hydrogen (secondary N) is 1. The summed E-state index contributed by atoms with van der Waals surface area (Å²) in [4.78, 5) is -0.546. The molecule has 118 valence electrons. The van der Waals surface area contributed by atoms with Crippen molar-refractivity contribution < 1.29 is 17.2 Å². The average Bonchev–Trinajstić information content (AvgIpc) is 2.82. The highest BCUT2D eigenvalue weighted by Gasteiger charge is 2.27. The van der Waals surface area contributed by atoms with Crippen molar-refractivity contribution in [2.45, 2.75) is 37.6 Å². The Bertz CT molecular complexity index is 620. The second-order valence-corrected chi connectivity index (χ2v) is 7.30. The SMILES string of the molecule is CC1CCCC1CNS(=O)(=O)c1ccc(F)c(CN)c1F. The Labute approximate surface area is 123 Å². The van der Waals surface area contributed by atoms with Gasteiger partial charge >= 0.3 is 0 Å². The van der Waals surface area contributed by atoms with Crippen LogP contribution in [0.3, 0.4) is 0 Å². The van der Waals surface area contributed by atoms with Crippen molar-refractivity contribution in [2.24, 2.45) is 17.6 Å². The Morgan fingerprint density at radius 2 is 2.05 bits per heavy atom. The average molecular weight is 318 g/mol. The van der Waals surface area contributed by atoms with Crippen LogP contribution in [-0.2, 0) is 16.6 Å². The summed E-state index contributed by atoms with van der Waals surface area (Å²) in [7, 11) is -4.00. The molecule has 0 spiro atoms. The molecule has 21 heavy (non-hydrogen) atoms. The molecule has 0 radical (unpaired) electrons. The zero-order valence-corrected chi connectivity index (χ0v) is 12.7. The quantitative estimate of drug-likeness (QED) is 0.873. The highest BCUT2D eigenvalue weighted by atomic mass is 32.2. The van der Waals surface area contributed by atoms with Crippen molar-refractivity contribution in [1.29, 1.82) is 0 Å². The maximum atomic E-state index is 14.1. The molecule has 1 aliphatic rings. The molecule has 0 amide bonds. The van der Waals surface area contributed by atoms with Crippen LogP contribution in [0, 0.1) is 23.5 Å². The molecule has 1 aliphatic carbocycles. The monoisotopic (exact) mass is 318 g/mol. The molecular weight excluding hydrogens is 298 g/mol. The number of sulfonamides is 1. The van der Waals surface area contributed by atoms with Crippen molar-refractivity contribution in [3.63, 3.8) is 0 Å². The predicted molar refractivity (Wildman–Crippen MR) is 75.9 cm³/mol. The summed E-state index contributed by atoms with van der Waals surface area (Å²) < 4.78 is 54.2. The maximum Gasteiger partial charge on any atom is 0.243 e. The van der Waals surface area contributed by atoms with Crippen LogP contribution in [0.1, 0.15) is 31.7 Å². The van der Waals surface area contributed by atoms with E-state index in [1.54, 1.807) is 0 Å². The first-order valence-electron chi connectivity index (χ1n) is 7.03. The van der Waals surface area contributed by atoms with Crippen molar-refractivity contribution in [3.8, 4) is 0 Å². The topological polar surface area (TPSA) is 72.2 Å². The summed E-state index contributed by atoms with van der Waals surface area (Å²) in [5, 5.41) is 0. The van der Waals surface area contributed by atoms with Crippen LogP contribution in [0.4, 0.5) is 8.78 Å². The van der Waals surface area contributed by atoms with Crippen LogP contribution in [-0.4, -0.2) is 15.0 Å². The van der Waals surface area contributed by atoms with E-state index in [-0.39, 0.29) is 19.0 Å². The normalized spacial score (nSPS) is 22.7. The van der Waals surface area contributed by atoms with Crippen molar-refractivity contribution in [1.82, 2.24) is 4.72 Å². The van der Waals surface area contributed by atoms with Gasteiger partial charge in [0.25, 0.3) is 0 Å². The lowest BCUT2D eigenvalue weighted by atomic mass is 9.99. The van der Waals surface area contributed by atoms with E-state index in [0.717, 1.165) is 31.4 Å². The number of nitrogens with two attached hydrogens (primary N) is 1. The molecular formula is C14H20F2N2O2S. The van der Waals surface area contributed by atoms with E-state index in [4.69, 9.17) is 5.73 Å². The van der Waals surface area contributed by atoms with E-state index in [1.165, 1.54) is 0 Å². The molecule has 2 atom stereocenters. The molecule has 2 rings (SSSR count). The number of hydrogen-bond donors (Lipinski definition) is 2. The van der Waals surface area contributed by atoms with Crippen molar-refractivity contribution in [3.05, 3.63) is 29.3 Å². The third kappa shape index (κ3) is 3.41. The predicted octanol–water partition coefficient (Wildman–Crippen LogP) is 2.14. The molecule has 3 N–H and O–H groups in total. The number of halogens is 2. The first-order valence-corrected chi connectivity index (χ1v) is 8.51. The van der Waals surface area contributed by atoms with Crippen molar-refractivity contribution in [2.75, 3.05) is 6.54 Å². The fourth-order valence-electron chi connectivity index (χ4n) is 2.79. The van der Waals surface area contributed by atoms with Crippen LogP contribution in [0.2, 0.25) is 0 Å². The van der Waals surface area contributed by atoms with E-state index in [2.05, 4.69) is 11.6 Å². The minimum Gasteiger partial charge on any atom is -0.326 e. The maximum absolute atomic E-state index is 14.1. The third-order valence-electron chi connectivity index (χ3n) is 4.22. The number of benzene rings is 1. The summed E-state index contributed by atoms with van der Waals surface area (Å²) in [5.74, 6) is -1.23. The molecule has 1 aromatic carbocycles. The summed E-state index contributed by atoms with van der Waals surface area (Å²) in [5.41, 5.74) is 4.85. The van der Waals surface area contributed by atoms with Gasteiger partial charge in [0.05, 0.1) is 0 Å². The minimum absolute atomic E-state index is 0.261. The largest absolute Gasteiger partial charge is 0.326 e. The summed E-state index contributed by atoms with van der Waals surface area (Å²) in [6.07, 6.45) is 3.12. The standard InChI is InChI=1S/C14H20F2N2O2S/c1-9-3-2-4-10(9)8-18-21(19,20)13-6-5-12(15)11(7-17)14(13)16/h5-6,9-10,18H,2-4,7-8,17H2,1H3. The van der Waals surface area contributed by atoms with Gasteiger partial charge in [-0.05, 0) is 30.4 Å². The molecule has 1 saturated carbocycles. The second-order valence-electron chi connectivity index (χ2n) is 5.56. The lowest BCUT2D eigenvalue weighted by molar-refractivity contribution is 0.413. The first-order chi connectivity index (χ1) is 9.86. The molecule has 4 nitrogen and oxygen atoms in total. The Hall–Kier alpha value is -1.05. The van der Waals surface area contributed by atoms with E-state index in [9.17, 15) is 17.2 Å². The van der Waals surface area contributed by atoms with Crippen LogP contribution >= 0.6 is 0 Å². The fourth-order valence-corrected chi connectivity index (χ4v) is 3.99. The summed E-state index contributed by atoms with van der Waals surface area (Å²) in [6, 6.07) is 1.86. The van der Waals surface area contributed by atoms with Gasteiger partial charge in [-0.1, -0.05) is 19.8 Å². The number of hydrogen-bond acceptors (Lipinski definition) is 3. The highest BCUT2D eigenvalue weighted by Crippen LogP contribution is 2.31. The van der Waals surface area contributed by atoms with Gasteiger partial charge in [0.15, 0.2) is 5.82 Å². The minimum atomic E-state index is -4.00. The van der Waals surface area contributed by atoms with Crippen LogP contribution < -0.4 is 10.5 Å². The van der Waals surface area contributed by atoms with Gasteiger partial charge in [0.1, 0.15) is 10.7 Å². The van der Waals surface area contributed by atoms with Crippen LogP contribution in [0.25, 0.3) is 0 Å². The molecule has 0 aromatic heterocycles. The third-order valence-corrected chi connectivity index (χ3v) is 5.66. The zero-order chi connectivity index (χ0) is 15.6. The summed E-state index contributed by atoms with van der Waals surface area (Å²) in [6.45, 7) is 1.97. The van der Waals surface area contributed by atoms with Gasteiger partial charge in [-0.25, -0.2) is 21.9 Å². The highest BCUT2D eigenvalue weighted by molar-refractivity contribution is 7.89. The van der Waals surface area contributed by atoms with Crippen LogP contribution in [0.5, 0.6) is 0 Å². The molecule has 1 aromatic rings. The lowest BCUT2D eigenvalue weighted by Crippen LogP contribution is -2.31. The smallest absolute Gasteiger partial charge is 0.243 e. The Balaban J connectivity index is 2.20. The first kappa shape index (κ1) is 16.3. The van der Waals surface area contributed by atoms with E-state index >= 15 is 0 Å². The molecule has 2 unspecified atom stereocenters. The van der Waals surface area contributed by atoms with Gasteiger partial charge in [-0.3, -0.25) is 0 Å². The molecule has 7 heteroatoms. The Morgan fingerprint density at radius 3 is 2.62 bits per heavy atom. The van der Waals surface area contributed by atoms with Gasteiger partial charge in [0.2, 0.25) is 10.0 Å². The summed E-state index contributed by atoms with van der Waals surface area (Å²) >= 11 is 0. The van der Waals surface area contributed by atoms with Crippen LogP contribution in [0.15, 0.2) is 17.0 Å². The van der Waals surface area contributed by atoms with E-state index in [1.807, 2.05) is 0 Å². The van der Waals surface area contributed by atoms with Gasteiger partial charge in [-0.15, -0.1) is 0 Å². The lowest BCUT2D eigenvalue weighted by Gasteiger charge is -2.16. The second kappa shape index (κ2) is 6.37.